The van der Waals surface area contributed by atoms with Crippen molar-refractivity contribution in [2.75, 3.05) is 0 Å². The van der Waals surface area contributed by atoms with Crippen molar-refractivity contribution in [2.24, 2.45) is 5.11 Å². The topological polar surface area (TPSA) is 119 Å². The summed E-state index contributed by atoms with van der Waals surface area (Å²) in [7, 11) is 0. The van der Waals surface area contributed by atoms with E-state index in [0.29, 0.717) is 11.4 Å². The molecule has 3 rings (SSSR count). The predicted octanol–water partition coefficient (Wildman–Crippen LogP) is 3.31. The van der Waals surface area contributed by atoms with Crippen LogP contribution in [0.1, 0.15) is 5.69 Å². The highest BCUT2D eigenvalue weighted by Crippen LogP contribution is 2.21. The fourth-order valence-corrected chi connectivity index (χ4v) is 2.26. The maximum absolute atomic E-state index is 12.5. The molecular weight excluding hydrogens is 326 g/mol. The zero-order valence-corrected chi connectivity index (χ0v) is 13.1. The number of nitrogens with zero attached hydrogens (tertiary/aromatic N) is 4. The molecule has 0 spiro atoms. The van der Waals surface area contributed by atoms with Crippen molar-refractivity contribution >= 4 is 17.1 Å². The number of azo groups is 1. The summed E-state index contributed by atoms with van der Waals surface area (Å²) >= 11 is 0. The highest BCUT2D eigenvalue weighted by molar-refractivity contribution is 5.43. The monoisotopic (exact) mass is 339 g/mol. The van der Waals surface area contributed by atoms with Crippen LogP contribution in [0.3, 0.4) is 0 Å². The zero-order chi connectivity index (χ0) is 18.0. The number of nitro groups is 1. The predicted molar refractivity (Wildman–Crippen MR) is 89.6 cm³/mol. The smallest absolute Gasteiger partial charge is 0.303 e. The van der Waals surface area contributed by atoms with Gasteiger partial charge in [-0.05, 0) is 23.9 Å². The molecule has 0 aliphatic carbocycles. The number of nitrogens with one attached hydrogen (secondary N) is 1. The van der Waals surface area contributed by atoms with Crippen molar-refractivity contribution in [3.63, 3.8) is 0 Å². The molecule has 0 saturated carbocycles. The van der Waals surface area contributed by atoms with Crippen molar-refractivity contribution in [3.8, 4) is 5.69 Å². The molecule has 0 atom stereocenters. The van der Waals surface area contributed by atoms with Crippen LogP contribution >= 0.6 is 0 Å². The third-order valence-corrected chi connectivity index (χ3v) is 3.53. The van der Waals surface area contributed by atoms with Gasteiger partial charge in [-0.2, -0.15) is 0 Å². The SMILES string of the molecule is Cc1[nH]n(-c2ccccc2)c(=O)c1N=[N+]([O-])c1ccc([N+](=O)[O-])cc1. The van der Waals surface area contributed by atoms with E-state index < -0.39 is 10.5 Å². The third kappa shape index (κ3) is 3.15. The Labute approximate surface area is 141 Å². The van der Waals surface area contributed by atoms with Gasteiger partial charge < -0.3 is 5.21 Å². The van der Waals surface area contributed by atoms with Crippen molar-refractivity contribution in [3.05, 3.63) is 86.0 Å². The molecule has 126 valence electrons. The van der Waals surface area contributed by atoms with Crippen LogP contribution in [0.2, 0.25) is 0 Å². The number of aryl methyl sites for hydroxylation is 1. The summed E-state index contributed by atoms with van der Waals surface area (Å²) in [6.07, 6.45) is 0. The first-order valence-corrected chi connectivity index (χ1v) is 7.28. The molecule has 2 aromatic carbocycles. The molecule has 0 radical (unpaired) electrons. The van der Waals surface area contributed by atoms with Crippen LogP contribution in [0.4, 0.5) is 17.1 Å². The molecule has 0 unspecified atom stereocenters. The molecule has 3 aromatic rings. The second-order valence-corrected chi connectivity index (χ2v) is 5.21. The summed E-state index contributed by atoms with van der Waals surface area (Å²) in [5.41, 5.74) is 0.489. The number of para-hydroxylation sites is 1. The lowest BCUT2D eigenvalue weighted by Crippen LogP contribution is -2.14. The molecule has 0 saturated heterocycles. The third-order valence-electron chi connectivity index (χ3n) is 3.53. The number of H-pyrrole nitrogens is 1. The Morgan fingerprint density at radius 1 is 1.00 bits per heavy atom. The van der Waals surface area contributed by atoms with Gasteiger partial charge in [0.05, 0.1) is 16.3 Å². The first-order chi connectivity index (χ1) is 12.0. The van der Waals surface area contributed by atoms with Gasteiger partial charge in [0.1, 0.15) is 0 Å². The van der Waals surface area contributed by atoms with Crippen LogP contribution < -0.4 is 5.56 Å². The van der Waals surface area contributed by atoms with E-state index in [2.05, 4.69) is 10.2 Å². The minimum absolute atomic E-state index is 0.0304. The summed E-state index contributed by atoms with van der Waals surface area (Å²) in [5.74, 6) is 0. The van der Waals surface area contributed by atoms with Crippen molar-refractivity contribution < 1.29 is 9.78 Å². The minimum Gasteiger partial charge on any atom is -0.594 e. The Kier molecular flexibility index (Phi) is 4.12. The molecule has 9 heteroatoms. The fourth-order valence-electron chi connectivity index (χ4n) is 2.26. The molecule has 1 aromatic heterocycles. The van der Waals surface area contributed by atoms with Crippen LogP contribution in [0.25, 0.3) is 5.69 Å². The molecule has 0 aliphatic rings. The summed E-state index contributed by atoms with van der Waals surface area (Å²) in [6, 6.07) is 13.8. The zero-order valence-electron chi connectivity index (χ0n) is 13.1. The molecule has 0 bridgehead atoms. The maximum Gasteiger partial charge on any atom is 0.303 e. The molecule has 0 amide bonds. The standard InChI is InChI=1S/C16H13N5O4/c1-11-15(16(22)19(17-11)12-5-3-2-4-6-12)18-20(23)13-7-9-14(10-8-13)21(24)25/h2-10,17H,1H3. The second kappa shape index (κ2) is 6.40. The molecule has 1 heterocycles. The van der Waals surface area contributed by atoms with Gasteiger partial charge in [0.25, 0.3) is 5.69 Å². The first kappa shape index (κ1) is 16.1. The summed E-state index contributed by atoms with van der Waals surface area (Å²) in [6.45, 7) is 1.63. The van der Waals surface area contributed by atoms with Gasteiger partial charge in [-0.25, -0.2) is 4.68 Å². The van der Waals surface area contributed by atoms with E-state index in [0.717, 1.165) is 0 Å². The van der Waals surface area contributed by atoms with Crippen LogP contribution in [-0.2, 0) is 0 Å². The number of aromatic nitrogens is 2. The first-order valence-electron chi connectivity index (χ1n) is 7.28. The second-order valence-electron chi connectivity index (χ2n) is 5.21. The van der Waals surface area contributed by atoms with E-state index in [1.54, 1.807) is 31.2 Å². The Bertz CT molecular complexity index is 1000. The number of benzene rings is 2. The Morgan fingerprint density at radius 2 is 1.60 bits per heavy atom. The van der Waals surface area contributed by atoms with E-state index in [-0.39, 0.29) is 21.9 Å². The number of aromatic amines is 1. The lowest BCUT2D eigenvalue weighted by molar-refractivity contribution is -0.435. The Hall–Kier alpha value is -3.75. The molecular formula is C16H13N5O4. The highest BCUT2D eigenvalue weighted by Gasteiger charge is 2.16. The Balaban J connectivity index is 1.99. The van der Waals surface area contributed by atoms with Crippen LogP contribution in [0, 0.1) is 22.2 Å². The normalized spacial score (nSPS) is 11.5. The number of hydrogen-bond donors (Lipinski definition) is 1. The van der Waals surface area contributed by atoms with Gasteiger partial charge in [0.2, 0.25) is 11.4 Å². The molecule has 1 N–H and O–H groups in total. The molecule has 9 nitrogen and oxygen atoms in total. The number of hydrogen-bond acceptors (Lipinski definition) is 5. The van der Waals surface area contributed by atoms with Gasteiger partial charge >= 0.3 is 5.56 Å². The van der Waals surface area contributed by atoms with Crippen molar-refractivity contribution in [1.29, 1.82) is 0 Å². The van der Waals surface area contributed by atoms with Gasteiger partial charge in [-0.3, -0.25) is 20.0 Å². The molecule has 0 fully saturated rings. The van der Waals surface area contributed by atoms with Gasteiger partial charge in [0.15, 0.2) is 0 Å². The van der Waals surface area contributed by atoms with Gasteiger partial charge in [0, 0.05) is 29.4 Å². The maximum atomic E-state index is 12.5. The summed E-state index contributed by atoms with van der Waals surface area (Å²) in [4.78, 5) is 22.8. The van der Waals surface area contributed by atoms with E-state index >= 15 is 0 Å². The molecule has 25 heavy (non-hydrogen) atoms. The number of non-ortho nitro benzene ring substituents is 1. The lowest BCUT2D eigenvalue weighted by atomic mass is 10.3. The van der Waals surface area contributed by atoms with Gasteiger partial charge in [-0.15, -0.1) is 0 Å². The fraction of sp³-hybridized carbons (Fsp3) is 0.0625. The minimum atomic E-state index is -0.565. The van der Waals surface area contributed by atoms with Crippen LogP contribution in [0.5, 0.6) is 0 Å². The number of nitro benzene ring substituents is 1. The molecule has 0 aliphatic heterocycles. The summed E-state index contributed by atoms with van der Waals surface area (Å²) < 4.78 is 1.29. The van der Waals surface area contributed by atoms with E-state index in [4.69, 9.17) is 0 Å². The van der Waals surface area contributed by atoms with E-state index in [1.165, 1.54) is 28.9 Å². The van der Waals surface area contributed by atoms with Crippen molar-refractivity contribution in [1.82, 2.24) is 9.78 Å². The largest absolute Gasteiger partial charge is 0.594 e. The average Bonchev–Trinajstić information content (AvgIpc) is 2.90. The summed E-state index contributed by atoms with van der Waals surface area (Å²) in [5, 5.41) is 29.5. The quantitative estimate of drug-likeness (QED) is 0.339. The van der Waals surface area contributed by atoms with Crippen LogP contribution in [-0.4, -0.2) is 19.6 Å². The van der Waals surface area contributed by atoms with Gasteiger partial charge in [-0.1, -0.05) is 18.2 Å². The van der Waals surface area contributed by atoms with E-state index in [1.807, 2.05) is 6.07 Å². The lowest BCUT2D eigenvalue weighted by Gasteiger charge is -1.99. The average molecular weight is 339 g/mol. The Morgan fingerprint density at radius 3 is 2.20 bits per heavy atom. The number of rotatable bonds is 4. The van der Waals surface area contributed by atoms with E-state index in [9.17, 15) is 20.1 Å². The van der Waals surface area contributed by atoms with Crippen LogP contribution in [0.15, 0.2) is 64.5 Å². The highest BCUT2D eigenvalue weighted by atomic mass is 16.6. The van der Waals surface area contributed by atoms with Crippen molar-refractivity contribution in [2.45, 2.75) is 6.92 Å².